The van der Waals surface area contributed by atoms with Gasteiger partial charge < -0.3 is 15.4 Å². The molecule has 2 aromatic rings. The smallest absolute Gasteiger partial charge is 0.142 e. The second kappa shape index (κ2) is 4.78. The lowest BCUT2D eigenvalue weighted by Crippen LogP contribution is -2.15. The third kappa shape index (κ3) is 2.28. The van der Waals surface area contributed by atoms with Crippen LogP contribution in [0.25, 0.3) is 0 Å². The molecule has 0 aliphatic carbocycles. The Morgan fingerprint density at radius 2 is 1.89 bits per heavy atom. The molecule has 0 spiro atoms. The summed E-state index contributed by atoms with van der Waals surface area (Å²) >= 11 is 3.52. The lowest BCUT2D eigenvalue weighted by atomic mass is 10.1. The molecule has 0 saturated carbocycles. The van der Waals surface area contributed by atoms with Gasteiger partial charge in [-0.05, 0) is 41.5 Å². The molecule has 3 nitrogen and oxygen atoms in total. The highest BCUT2D eigenvalue weighted by Crippen LogP contribution is 2.37. The van der Waals surface area contributed by atoms with Crippen molar-refractivity contribution in [2.45, 2.75) is 13.1 Å². The first-order valence-electron chi connectivity index (χ1n) is 6.13. The highest BCUT2D eigenvalue weighted by Gasteiger charge is 2.21. The number of nitrogens with zero attached hydrogens (tertiary/aromatic N) is 1. The Kier molecular flexibility index (Phi) is 3.11. The minimum atomic E-state index is 0.821. The number of hydrogen-bond acceptors (Lipinski definition) is 3. The van der Waals surface area contributed by atoms with Gasteiger partial charge in [0.1, 0.15) is 5.75 Å². The van der Waals surface area contributed by atoms with Gasteiger partial charge in [-0.3, -0.25) is 0 Å². The number of rotatable bonds is 2. The van der Waals surface area contributed by atoms with Crippen LogP contribution in [-0.4, -0.2) is 7.11 Å². The molecule has 0 aromatic heterocycles. The molecule has 98 valence electrons. The number of fused-ring (bicyclic) bond motifs is 1. The van der Waals surface area contributed by atoms with E-state index < -0.39 is 0 Å². The summed E-state index contributed by atoms with van der Waals surface area (Å²) < 4.78 is 6.50. The van der Waals surface area contributed by atoms with Gasteiger partial charge in [-0.1, -0.05) is 22.0 Å². The fraction of sp³-hybridized carbons (Fsp3) is 0.200. The van der Waals surface area contributed by atoms with Crippen LogP contribution in [-0.2, 0) is 13.1 Å². The lowest BCUT2D eigenvalue weighted by Gasteiger charge is -2.20. The molecule has 0 amide bonds. The van der Waals surface area contributed by atoms with E-state index in [9.17, 15) is 0 Å². The number of methoxy groups -OCH3 is 1. The Labute approximate surface area is 121 Å². The van der Waals surface area contributed by atoms with Crippen LogP contribution in [0.4, 0.5) is 11.4 Å². The quantitative estimate of drug-likeness (QED) is 0.860. The van der Waals surface area contributed by atoms with Crippen LogP contribution in [0.1, 0.15) is 11.1 Å². The second-order valence-corrected chi connectivity index (χ2v) is 5.62. The third-order valence-corrected chi connectivity index (χ3v) is 3.93. The highest BCUT2D eigenvalue weighted by atomic mass is 79.9. The Bertz CT molecular complexity index is 628. The summed E-state index contributed by atoms with van der Waals surface area (Å²) in [7, 11) is 1.70. The monoisotopic (exact) mass is 318 g/mol. The molecule has 0 saturated heterocycles. The van der Waals surface area contributed by atoms with Crippen molar-refractivity contribution in [1.82, 2.24) is 0 Å². The van der Waals surface area contributed by atoms with Gasteiger partial charge in [-0.2, -0.15) is 0 Å². The van der Waals surface area contributed by atoms with E-state index in [-0.39, 0.29) is 0 Å². The van der Waals surface area contributed by atoms with Crippen LogP contribution < -0.4 is 15.4 Å². The summed E-state index contributed by atoms with van der Waals surface area (Å²) in [5.41, 5.74) is 10.4. The van der Waals surface area contributed by atoms with Crippen LogP contribution in [0.5, 0.6) is 5.75 Å². The van der Waals surface area contributed by atoms with E-state index in [1.54, 1.807) is 7.11 Å². The standard InChI is InChI=1S/C15H15BrN2O/c1-19-15-5-3-12(16)7-14(15)18-8-10-2-4-13(17)6-11(10)9-18/h2-7H,8-9,17H2,1H3. The van der Waals surface area contributed by atoms with Crippen molar-refractivity contribution in [3.63, 3.8) is 0 Å². The number of ether oxygens (including phenoxy) is 1. The first-order chi connectivity index (χ1) is 9.17. The van der Waals surface area contributed by atoms with Crippen molar-refractivity contribution >= 4 is 27.3 Å². The predicted octanol–water partition coefficient (Wildman–Crippen LogP) is 3.56. The summed E-state index contributed by atoms with van der Waals surface area (Å²) in [6, 6.07) is 12.2. The minimum absolute atomic E-state index is 0.821. The summed E-state index contributed by atoms with van der Waals surface area (Å²) in [5, 5.41) is 0. The summed E-state index contributed by atoms with van der Waals surface area (Å²) in [4.78, 5) is 2.30. The van der Waals surface area contributed by atoms with Crippen LogP contribution in [0.15, 0.2) is 40.9 Å². The van der Waals surface area contributed by atoms with Crippen molar-refractivity contribution in [3.8, 4) is 5.75 Å². The van der Waals surface area contributed by atoms with E-state index in [2.05, 4.69) is 39.0 Å². The van der Waals surface area contributed by atoms with E-state index in [1.807, 2.05) is 18.2 Å². The van der Waals surface area contributed by atoms with Gasteiger partial charge in [0.15, 0.2) is 0 Å². The minimum Gasteiger partial charge on any atom is -0.495 e. The summed E-state index contributed by atoms with van der Waals surface area (Å²) in [6.07, 6.45) is 0. The van der Waals surface area contributed by atoms with Gasteiger partial charge in [0.2, 0.25) is 0 Å². The first kappa shape index (κ1) is 12.4. The van der Waals surface area contributed by atoms with Crippen molar-refractivity contribution in [1.29, 1.82) is 0 Å². The van der Waals surface area contributed by atoms with Crippen LogP contribution in [0, 0.1) is 0 Å². The topological polar surface area (TPSA) is 38.5 Å². The number of anilines is 2. The van der Waals surface area contributed by atoms with Gasteiger partial charge in [0.05, 0.1) is 12.8 Å². The normalized spacial score (nSPS) is 13.5. The number of nitrogen functional groups attached to an aromatic ring is 1. The van der Waals surface area contributed by atoms with Crippen molar-refractivity contribution in [3.05, 3.63) is 52.0 Å². The van der Waals surface area contributed by atoms with Crippen LogP contribution in [0.3, 0.4) is 0 Å². The molecule has 1 aliphatic rings. The fourth-order valence-electron chi connectivity index (χ4n) is 2.50. The Morgan fingerprint density at radius 3 is 2.68 bits per heavy atom. The molecule has 2 aromatic carbocycles. The van der Waals surface area contributed by atoms with E-state index in [0.717, 1.165) is 34.7 Å². The zero-order valence-electron chi connectivity index (χ0n) is 10.7. The zero-order chi connectivity index (χ0) is 13.4. The van der Waals surface area contributed by atoms with Gasteiger partial charge in [0.25, 0.3) is 0 Å². The molecule has 1 aliphatic heterocycles. The van der Waals surface area contributed by atoms with Gasteiger partial charge in [0, 0.05) is 23.2 Å². The maximum absolute atomic E-state index is 5.84. The van der Waals surface area contributed by atoms with Crippen LogP contribution >= 0.6 is 15.9 Å². The average Bonchev–Trinajstić information content (AvgIpc) is 2.81. The zero-order valence-corrected chi connectivity index (χ0v) is 12.3. The molecular weight excluding hydrogens is 304 g/mol. The van der Waals surface area contributed by atoms with E-state index in [1.165, 1.54) is 11.1 Å². The van der Waals surface area contributed by atoms with E-state index in [0.29, 0.717) is 0 Å². The Hall–Kier alpha value is -1.68. The molecule has 19 heavy (non-hydrogen) atoms. The van der Waals surface area contributed by atoms with E-state index in [4.69, 9.17) is 10.5 Å². The second-order valence-electron chi connectivity index (χ2n) is 4.70. The Morgan fingerprint density at radius 1 is 1.11 bits per heavy atom. The molecule has 0 bridgehead atoms. The van der Waals surface area contributed by atoms with Gasteiger partial charge >= 0.3 is 0 Å². The molecule has 2 N–H and O–H groups in total. The number of nitrogens with two attached hydrogens (primary N) is 1. The predicted molar refractivity (Wildman–Crippen MR) is 81.4 cm³/mol. The summed E-state index contributed by atoms with van der Waals surface area (Å²) in [6.45, 7) is 1.76. The van der Waals surface area contributed by atoms with Crippen molar-refractivity contribution < 1.29 is 4.74 Å². The van der Waals surface area contributed by atoms with Crippen LogP contribution in [0.2, 0.25) is 0 Å². The maximum atomic E-state index is 5.84. The van der Waals surface area contributed by atoms with Crippen molar-refractivity contribution in [2.75, 3.05) is 17.7 Å². The fourth-order valence-corrected chi connectivity index (χ4v) is 2.84. The number of halogens is 1. The van der Waals surface area contributed by atoms with Crippen molar-refractivity contribution in [2.24, 2.45) is 0 Å². The van der Waals surface area contributed by atoms with E-state index >= 15 is 0 Å². The molecule has 0 fully saturated rings. The highest BCUT2D eigenvalue weighted by molar-refractivity contribution is 9.10. The number of hydrogen-bond donors (Lipinski definition) is 1. The van der Waals surface area contributed by atoms with Gasteiger partial charge in [-0.25, -0.2) is 0 Å². The first-order valence-corrected chi connectivity index (χ1v) is 6.92. The molecule has 1 heterocycles. The largest absolute Gasteiger partial charge is 0.495 e. The molecule has 0 unspecified atom stereocenters. The Balaban J connectivity index is 1.96. The molecule has 4 heteroatoms. The molecule has 0 radical (unpaired) electrons. The summed E-state index contributed by atoms with van der Waals surface area (Å²) in [5.74, 6) is 0.893. The van der Waals surface area contributed by atoms with Gasteiger partial charge in [-0.15, -0.1) is 0 Å². The molecular formula is C15H15BrN2O. The molecule has 3 rings (SSSR count). The maximum Gasteiger partial charge on any atom is 0.142 e. The SMILES string of the molecule is COc1ccc(Br)cc1N1Cc2ccc(N)cc2C1. The lowest BCUT2D eigenvalue weighted by molar-refractivity contribution is 0.414. The number of benzene rings is 2. The average molecular weight is 319 g/mol. The molecule has 0 atom stereocenters. The third-order valence-electron chi connectivity index (χ3n) is 3.43.